The van der Waals surface area contributed by atoms with Crippen LogP contribution in [0.2, 0.25) is 0 Å². The van der Waals surface area contributed by atoms with Crippen molar-refractivity contribution in [1.29, 1.82) is 0 Å². The van der Waals surface area contributed by atoms with E-state index in [1.165, 1.54) is 0 Å². The number of nitrogens with two attached hydrogens (primary N) is 1. The molecule has 0 saturated carbocycles. The average molecular weight is 897 g/mol. The summed E-state index contributed by atoms with van der Waals surface area (Å²) in [6.45, 7) is 11.3. The third-order valence-electron chi connectivity index (χ3n) is 6.51. The summed E-state index contributed by atoms with van der Waals surface area (Å²) in [4.78, 5) is 13.1. The van der Waals surface area contributed by atoms with Gasteiger partial charge in [0.05, 0.1) is 106 Å². The van der Waals surface area contributed by atoms with Gasteiger partial charge in [0.25, 0.3) is 0 Å². The molecule has 0 aliphatic heterocycles. The maximum atomic E-state index is 5.88. The number of nitrogens with zero attached hydrogens (tertiary/aromatic N) is 3. The molecule has 1 aromatic heterocycles. The highest BCUT2D eigenvalue weighted by atomic mass is 32.2. The summed E-state index contributed by atoms with van der Waals surface area (Å²) in [5, 5.41) is 0. The third-order valence-corrected chi connectivity index (χ3v) is 10.9. The van der Waals surface area contributed by atoms with Crippen LogP contribution in [0.25, 0.3) is 0 Å². The topological polar surface area (TPSA) is 157 Å². The van der Waals surface area contributed by atoms with Crippen molar-refractivity contribution in [1.82, 2.24) is 15.0 Å². The first-order valence-corrected chi connectivity index (χ1v) is 25.1. The van der Waals surface area contributed by atoms with Gasteiger partial charge < -0.3 is 53.1 Å². The predicted octanol–water partition coefficient (Wildman–Crippen LogP) is 4.44. The molecule has 0 unspecified atom stereocenters. The molecule has 324 valence electrons. The molecule has 1 aromatic rings. The lowest BCUT2D eigenvalue weighted by molar-refractivity contribution is 0.0604. The Morgan fingerprint density at radius 1 is 0.345 bits per heavy atom. The average Bonchev–Trinajstić information content (AvgIpc) is 3.19. The summed E-state index contributed by atoms with van der Waals surface area (Å²) in [5.41, 5.74) is 5.45. The molecule has 20 heteroatoms. The van der Waals surface area contributed by atoms with Gasteiger partial charge in [-0.05, 0) is 49.5 Å². The van der Waals surface area contributed by atoms with Gasteiger partial charge in [-0.2, -0.15) is 72.3 Å². The van der Waals surface area contributed by atoms with Crippen molar-refractivity contribution < 1.29 is 47.4 Å². The second-order valence-electron chi connectivity index (χ2n) is 11.1. The molecule has 1 rings (SSSR count). The largest absolute Gasteiger partial charge is 0.463 e. The van der Waals surface area contributed by atoms with Crippen LogP contribution < -0.4 is 19.9 Å². The highest BCUT2D eigenvalue weighted by Crippen LogP contribution is 2.17. The summed E-state index contributed by atoms with van der Waals surface area (Å²) < 4.78 is 56.3. The van der Waals surface area contributed by atoms with E-state index in [2.05, 4.69) is 40.2 Å². The number of hydrogen-bond acceptors (Lipinski definition) is 20. The van der Waals surface area contributed by atoms with Crippen molar-refractivity contribution in [3.05, 3.63) is 0 Å². The Labute approximate surface area is 358 Å². The first kappa shape index (κ1) is 53.2. The van der Waals surface area contributed by atoms with E-state index in [0.29, 0.717) is 99.0 Å². The molecule has 0 aliphatic rings. The summed E-state index contributed by atoms with van der Waals surface area (Å²) in [6, 6.07) is 0.618. The van der Waals surface area contributed by atoms with Crippen LogP contribution >= 0.6 is 72.3 Å². The lowest BCUT2D eigenvalue weighted by Crippen LogP contribution is -2.11. The van der Waals surface area contributed by atoms with Crippen LogP contribution in [0.1, 0.15) is 25.7 Å². The van der Waals surface area contributed by atoms with Crippen LogP contribution in [-0.4, -0.2) is 191 Å². The van der Waals surface area contributed by atoms with Crippen molar-refractivity contribution in [2.24, 2.45) is 5.73 Å². The number of ether oxygens (including phenoxy) is 10. The predicted molar refractivity (Wildman–Crippen MR) is 237 cm³/mol. The van der Waals surface area contributed by atoms with E-state index in [-0.39, 0.29) is 18.0 Å². The highest BCUT2D eigenvalue weighted by Gasteiger charge is 2.11. The molecule has 1 heterocycles. The van der Waals surface area contributed by atoms with E-state index in [1.807, 2.05) is 47.0 Å². The molecule has 0 fully saturated rings. The van der Waals surface area contributed by atoms with E-state index < -0.39 is 0 Å². The van der Waals surface area contributed by atoms with Crippen LogP contribution in [0.15, 0.2) is 0 Å². The van der Waals surface area contributed by atoms with E-state index in [9.17, 15) is 0 Å². The fourth-order valence-electron chi connectivity index (χ4n) is 3.87. The lowest BCUT2D eigenvalue weighted by Gasteiger charge is -2.10. The summed E-state index contributed by atoms with van der Waals surface area (Å²) >= 11 is 15.5. The molecule has 0 saturated heterocycles. The van der Waals surface area contributed by atoms with Crippen molar-refractivity contribution in [2.75, 3.05) is 176 Å². The molecule has 0 spiro atoms. The molecule has 0 aliphatic carbocycles. The van der Waals surface area contributed by atoms with Crippen molar-refractivity contribution >= 4 is 72.3 Å². The van der Waals surface area contributed by atoms with Gasteiger partial charge in [-0.3, -0.25) is 0 Å². The van der Waals surface area contributed by atoms with Gasteiger partial charge in [0, 0.05) is 46.9 Å². The molecule has 0 aromatic carbocycles. The van der Waals surface area contributed by atoms with Gasteiger partial charge in [0.1, 0.15) is 0 Å². The molecule has 55 heavy (non-hydrogen) atoms. The fourth-order valence-corrected chi connectivity index (χ4v) is 7.09. The zero-order valence-corrected chi connectivity index (χ0v) is 37.7. The fraction of sp³-hybridized carbons (Fsp3) is 0.914. The smallest absolute Gasteiger partial charge is 0.325 e. The zero-order chi connectivity index (χ0) is 39.4. The first-order valence-electron chi connectivity index (χ1n) is 19.2. The summed E-state index contributed by atoms with van der Waals surface area (Å²) in [7, 11) is 0. The number of thioether (sulfide) groups is 4. The van der Waals surface area contributed by atoms with Gasteiger partial charge in [0.15, 0.2) is 0 Å². The van der Waals surface area contributed by atoms with E-state index >= 15 is 0 Å². The second-order valence-corrected chi connectivity index (χ2v) is 16.9. The minimum atomic E-state index is 0.206. The van der Waals surface area contributed by atoms with Gasteiger partial charge >= 0.3 is 18.0 Å². The van der Waals surface area contributed by atoms with E-state index in [4.69, 9.17) is 53.1 Å². The van der Waals surface area contributed by atoms with Gasteiger partial charge in [-0.15, -0.1) is 15.0 Å². The van der Waals surface area contributed by atoms with Gasteiger partial charge in [0.2, 0.25) is 0 Å². The number of rotatable bonds is 46. The molecular formula is C35H68N4O10S6. The van der Waals surface area contributed by atoms with Crippen molar-refractivity contribution in [2.45, 2.75) is 25.7 Å². The molecule has 0 atom stereocenters. The van der Waals surface area contributed by atoms with Crippen molar-refractivity contribution in [3.8, 4) is 18.0 Å². The van der Waals surface area contributed by atoms with Gasteiger partial charge in [-0.25, -0.2) is 0 Å². The van der Waals surface area contributed by atoms with Crippen LogP contribution in [0.5, 0.6) is 18.0 Å². The zero-order valence-electron chi connectivity index (χ0n) is 32.7. The third kappa shape index (κ3) is 39.4. The molecule has 14 nitrogen and oxygen atoms in total. The maximum absolute atomic E-state index is 5.88. The van der Waals surface area contributed by atoms with Crippen LogP contribution in [0.3, 0.4) is 0 Å². The Hall–Kier alpha value is 0.190. The molecule has 2 N–H and O–H groups in total. The number of hydrogen-bond donors (Lipinski definition) is 3. The van der Waals surface area contributed by atoms with Crippen molar-refractivity contribution in [3.63, 3.8) is 0 Å². The molecule has 0 amide bonds. The van der Waals surface area contributed by atoms with Gasteiger partial charge in [-0.1, -0.05) is 0 Å². The van der Waals surface area contributed by atoms with Crippen LogP contribution in [0, 0.1) is 0 Å². The second kappa shape index (κ2) is 45.3. The van der Waals surface area contributed by atoms with E-state index in [1.54, 1.807) is 0 Å². The monoisotopic (exact) mass is 896 g/mol. The first-order chi connectivity index (χ1) is 27.3. The minimum Gasteiger partial charge on any atom is -0.463 e. The Bertz CT molecular complexity index is 887. The minimum absolute atomic E-state index is 0.206. The normalized spacial score (nSPS) is 11.4. The van der Waals surface area contributed by atoms with Crippen LogP contribution in [0.4, 0.5) is 0 Å². The Kier molecular flexibility index (Phi) is 43.8. The molecule has 0 radical (unpaired) electrons. The molecular weight excluding hydrogens is 829 g/mol. The molecule has 0 bridgehead atoms. The van der Waals surface area contributed by atoms with E-state index in [0.717, 1.165) is 103 Å². The highest BCUT2D eigenvalue weighted by molar-refractivity contribution is 7.99. The number of thiol groups is 2. The Morgan fingerprint density at radius 3 is 0.945 bits per heavy atom. The summed E-state index contributed by atoms with van der Waals surface area (Å²) in [6.07, 6.45) is 3.45. The Morgan fingerprint density at radius 2 is 0.636 bits per heavy atom. The number of aromatic nitrogens is 3. The quantitative estimate of drug-likeness (QED) is 0.0623. The Balaban J connectivity index is 2.24. The van der Waals surface area contributed by atoms with Crippen LogP contribution in [-0.2, 0) is 33.2 Å². The standard InChI is InChI=1S/C35H68N4O10S6/c36-5-1-6-40-18-31-55-32-22-46-15-14-45-21-30-54-27-4-9-49-35-38-33(47-7-2-25-52-28-19-43-12-10-41-16-23-50)37-34(39-35)48-8-3-26-53-29-20-44-13-11-42-17-24-51/h50-51H,1-32,36H2. The maximum Gasteiger partial charge on any atom is 0.325 e. The lowest BCUT2D eigenvalue weighted by atomic mass is 10.5. The SMILES string of the molecule is NCCCOCCSCCOCCOCCSCCCOc1nc(OCCCSCCOCCOCCS)nc(OCCCSCCOCCOCCS)n1. The summed E-state index contributed by atoms with van der Waals surface area (Å²) in [5.74, 6) is 8.93.